The molecule has 0 bridgehead atoms. The number of hydrogen-bond acceptors (Lipinski definition) is 1. The third-order valence-corrected chi connectivity index (χ3v) is 3.88. The fourth-order valence-electron chi connectivity index (χ4n) is 2.84. The van der Waals surface area contributed by atoms with Gasteiger partial charge < -0.3 is 5.32 Å². The molecule has 0 aromatic heterocycles. The van der Waals surface area contributed by atoms with Crippen molar-refractivity contribution in [2.45, 2.75) is 26.3 Å². The Morgan fingerprint density at radius 2 is 2.05 bits per heavy atom. The molecular weight excluding hydrogens is 260 g/mol. The monoisotopic (exact) mass is 280 g/mol. The summed E-state index contributed by atoms with van der Waals surface area (Å²) in [4.78, 5) is 14.3. The summed E-state index contributed by atoms with van der Waals surface area (Å²) in [5, 5.41) is 3.02. The van der Waals surface area contributed by atoms with Crippen molar-refractivity contribution in [3.8, 4) is 0 Å². The number of nitrogens with zero attached hydrogens (tertiary/aromatic N) is 1. The average Bonchev–Trinajstić information content (AvgIpc) is 2.52. The highest BCUT2D eigenvalue weighted by Crippen LogP contribution is 2.26. The second kappa shape index (κ2) is 6.00. The van der Waals surface area contributed by atoms with E-state index in [0.717, 1.165) is 30.6 Å². The maximum atomic E-state index is 12.4. The summed E-state index contributed by atoms with van der Waals surface area (Å²) in [6.45, 7) is 3.42. The van der Waals surface area contributed by atoms with Crippen LogP contribution in [-0.4, -0.2) is 12.6 Å². The second-order valence-corrected chi connectivity index (χ2v) is 5.53. The van der Waals surface area contributed by atoms with Gasteiger partial charge in [-0.1, -0.05) is 48.0 Å². The molecule has 3 nitrogen and oxygen atoms in total. The van der Waals surface area contributed by atoms with E-state index >= 15 is 0 Å². The molecule has 3 heteroatoms. The molecule has 0 radical (unpaired) electrons. The van der Waals surface area contributed by atoms with Gasteiger partial charge in [0.1, 0.15) is 0 Å². The number of para-hydroxylation sites is 1. The fourth-order valence-corrected chi connectivity index (χ4v) is 2.84. The lowest BCUT2D eigenvalue weighted by atomic mass is 10.0. The zero-order valence-electron chi connectivity index (χ0n) is 12.3. The standard InChI is InChI=1S/C18H20N2O/c1-14-6-4-7-15(12-14)13-19-18(21)20-11-5-9-16-8-2-3-10-17(16)20/h2-4,6-8,10,12H,5,9,11,13H2,1H3,(H,19,21). The van der Waals surface area contributed by atoms with Gasteiger partial charge in [0.05, 0.1) is 0 Å². The summed E-state index contributed by atoms with van der Waals surface area (Å²) in [5.41, 5.74) is 4.65. The molecule has 0 unspecified atom stereocenters. The van der Waals surface area contributed by atoms with Gasteiger partial charge in [-0.05, 0) is 37.0 Å². The summed E-state index contributed by atoms with van der Waals surface area (Å²) in [5.74, 6) is 0. The molecule has 1 aliphatic rings. The first-order chi connectivity index (χ1) is 10.2. The van der Waals surface area contributed by atoms with Gasteiger partial charge in [0, 0.05) is 18.8 Å². The Hall–Kier alpha value is -2.29. The molecule has 0 spiro atoms. The van der Waals surface area contributed by atoms with Crippen LogP contribution in [0.15, 0.2) is 48.5 Å². The molecular formula is C18H20N2O. The Morgan fingerprint density at radius 3 is 2.90 bits per heavy atom. The Bertz CT molecular complexity index is 651. The van der Waals surface area contributed by atoms with Crippen LogP contribution in [0.2, 0.25) is 0 Å². The molecule has 21 heavy (non-hydrogen) atoms. The summed E-state index contributed by atoms with van der Waals surface area (Å²) in [6, 6.07) is 16.4. The summed E-state index contributed by atoms with van der Waals surface area (Å²) in [7, 11) is 0. The van der Waals surface area contributed by atoms with E-state index < -0.39 is 0 Å². The number of benzene rings is 2. The maximum absolute atomic E-state index is 12.4. The van der Waals surface area contributed by atoms with Gasteiger partial charge in [-0.2, -0.15) is 0 Å². The summed E-state index contributed by atoms with van der Waals surface area (Å²) >= 11 is 0. The largest absolute Gasteiger partial charge is 0.334 e. The second-order valence-electron chi connectivity index (χ2n) is 5.53. The van der Waals surface area contributed by atoms with Crippen molar-refractivity contribution in [2.75, 3.05) is 11.4 Å². The molecule has 0 aliphatic carbocycles. The van der Waals surface area contributed by atoms with Crippen molar-refractivity contribution < 1.29 is 4.79 Å². The average molecular weight is 280 g/mol. The quantitative estimate of drug-likeness (QED) is 0.894. The van der Waals surface area contributed by atoms with Gasteiger partial charge in [-0.25, -0.2) is 4.79 Å². The van der Waals surface area contributed by atoms with Crippen LogP contribution in [0.4, 0.5) is 10.5 Å². The van der Waals surface area contributed by atoms with E-state index in [4.69, 9.17) is 0 Å². The molecule has 0 saturated carbocycles. The number of urea groups is 1. The van der Waals surface area contributed by atoms with Crippen molar-refractivity contribution in [1.29, 1.82) is 0 Å². The van der Waals surface area contributed by atoms with Crippen LogP contribution in [-0.2, 0) is 13.0 Å². The lowest BCUT2D eigenvalue weighted by molar-refractivity contribution is 0.245. The minimum absolute atomic E-state index is 0.0105. The minimum atomic E-state index is -0.0105. The molecule has 3 rings (SSSR count). The number of fused-ring (bicyclic) bond motifs is 1. The van der Waals surface area contributed by atoms with Crippen LogP contribution >= 0.6 is 0 Å². The first-order valence-corrected chi connectivity index (χ1v) is 7.43. The van der Waals surface area contributed by atoms with E-state index in [2.05, 4.69) is 30.4 Å². The number of amides is 2. The molecule has 0 fully saturated rings. The van der Waals surface area contributed by atoms with E-state index in [-0.39, 0.29) is 6.03 Å². The van der Waals surface area contributed by atoms with Gasteiger partial charge in [0.25, 0.3) is 0 Å². The highest BCUT2D eigenvalue weighted by atomic mass is 16.2. The number of carbonyl (C=O) groups excluding carboxylic acids is 1. The Labute approximate surface area is 125 Å². The highest BCUT2D eigenvalue weighted by molar-refractivity contribution is 5.93. The van der Waals surface area contributed by atoms with Crippen LogP contribution in [0.3, 0.4) is 0 Å². The van der Waals surface area contributed by atoms with Gasteiger partial charge in [0.2, 0.25) is 0 Å². The van der Waals surface area contributed by atoms with Gasteiger partial charge in [-0.15, -0.1) is 0 Å². The van der Waals surface area contributed by atoms with E-state index in [9.17, 15) is 4.79 Å². The molecule has 1 N–H and O–H groups in total. The number of nitrogens with one attached hydrogen (secondary N) is 1. The van der Waals surface area contributed by atoms with E-state index in [0.29, 0.717) is 6.54 Å². The van der Waals surface area contributed by atoms with Crippen LogP contribution in [0.5, 0.6) is 0 Å². The van der Waals surface area contributed by atoms with E-state index in [1.54, 1.807) is 0 Å². The molecule has 2 aromatic rings. The highest BCUT2D eigenvalue weighted by Gasteiger charge is 2.21. The smallest absolute Gasteiger partial charge is 0.322 e. The molecule has 0 atom stereocenters. The first-order valence-electron chi connectivity index (χ1n) is 7.43. The summed E-state index contributed by atoms with van der Waals surface area (Å²) in [6.07, 6.45) is 2.08. The molecule has 2 amide bonds. The maximum Gasteiger partial charge on any atom is 0.322 e. The molecule has 1 heterocycles. The lowest BCUT2D eigenvalue weighted by Crippen LogP contribution is -2.42. The van der Waals surface area contributed by atoms with E-state index in [1.165, 1.54) is 11.1 Å². The van der Waals surface area contributed by atoms with Crippen molar-refractivity contribution in [1.82, 2.24) is 5.32 Å². The Kier molecular flexibility index (Phi) is 3.91. The zero-order chi connectivity index (χ0) is 14.7. The van der Waals surface area contributed by atoms with E-state index in [1.807, 2.05) is 35.2 Å². The van der Waals surface area contributed by atoms with Crippen molar-refractivity contribution in [3.63, 3.8) is 0 Å². The number of carbonyl (C=O) groups is 1. The Morgan fingerprint density at radius 1 is 1.19 bits per heavy atom. The lowest BCUT2D eigenvalue weighted by Gasteiger charge is -2.29. The molecule has 2 aromatic carbocycles. The van der Waals surface area contributed by atoms with Crippen LogP contribution < -0.4 is 10.2 Å². The van der Waals surface area contributed by atoms with Crippen LogP contribution in [0.1, 0.15) is 23.1 Å². The van der Waals surface area contributed by atoms with Crippen molar-refractivity contribution in [3.05, 3.63) is 65.2 Å². The Balaban J connectivity index is 1.69. The van der Waals surface area contributed by atoms with Gasteiger partial charge >= 0.3 is 6.03 Å². The summed E-state index contributed by atoms with van der Waals surface area (Å²) < 4.78 is 0. The number of hydrogen-bond donors (Lipinski definition) is 1. The molecule has 0 saturated heterocycles. The fraction of sp³-hybridized carbons (Fsp3) is 0.278. The number of anilines is 1. The normalized spacial score (nSPS) is 13.7. The van der Waals surface area contributed by atoms with Gasteiger partial charge in [0.15, 0.2) is 0 Å². The third kappa shape index (κ3) is 3.07. The predicted octanol–water partition coefficient (Wildman–Crippen LogP) is 3.66. The predicted molar refractivity (Wildman–Crippen MR) is 85.5 cm³/mol. The van der Waals surface area contributed by atoms with Crippen molar-refractivity contribution in [2.24, 2.45) is 0 Å². The minimum Gasteiger partial charge on any atom is -0.334 e. The number of aryl methyl sites for hydroxylation is 2. The third-order valence-electron chi connectivity index (χ3n) is 3.88. The zero-order valence-corrected chi connectivity index (χ0v) is 12.3. The molecule has 108 valence electrons. The molecule has 1 aliphatic heterocycles. The SMILES string of the molecule is Cc1cccc(CNC(=O)N2CCCc3ccccc32)c1. The number of rotatable bonds is 2. The topological polar surface area (TPSA) is 32.3 Å². The van der Waals surface area contributed by atoms with Crippen LogP contribution in [0, 0.1) is 6.92 Å². The van der Waals surface area contributed by atoms with Crippen molar-refractivity contribution >= 4 is 11.7 Å². The van der Waals surface area contributed by atoms with Crippen LogP contribution in [0.25, 0.3) is 0 Å². The first kappa shape index (κ1) is 13.7. The van der Waals surface area contributed by atoms with Gasteiger partial charge in [-0.3, -0.25) is 4.90 Å².